The van der Waals surface area contributed by atoms with Crippen LogP contribution >= 0.6 is 0 Å². The van der Waals surface area contributed by atoms with Crippen molar-refractivity contribution in [2.24, 2.45) is 0 Å². The van der Waals surface area contributed by atoms with E-state index >= 15 is 0 Å². The maximum absolute atomic E-state index is 13.3. The van der Waals surface area contributed by atoms with Gasteiger partial charge in [-0.25, -0.2) is 9.59 Å². The summed E-state index contributed by atoms with van der Waals surface area (Å²) in [6.07, 6.45) is 0. The van der Waals surface area contributed by atoms with Gasteiger partial charge in [-0.05, 0) is 71.4 Å². The van der Waals surface area contributed by atoms with Crippen molar-refractivity contribution < 1.29 is 56.7 Å². The molecule has 2 heterocycles. The van der Waals surface area contributed by atoms with Crippen molar-refractivity contribution in [1.82, 2.24) is 0 Å². The number of esters is 2. The topological polar surface area (TPSA) is 97.4 Å². The smallest absolute Gasteiger partial charge is 0.636 e. The maximum Gasteiger partial charge on any atom is 1.00 e. The van der Waals surface area contributed by atoms with Gasteiger partial charge in [0, 0.05) is 16.8 Å². The molecule has 1 spiro atoms. The molecule has 2 aromatic carbocycles. The van der Waals surface area contributed by atoms with E-state index in [1.165, 1.54) is 0 Å². The summed E-state index contributed by atoms with van der Waals surface area (Å²) in [5, 5.41) is 0. The van der Waals surface area contributed by atoms with E-state index in [0.29, 0.717) is 27.7 Å². The first kappa shape index (κ1) is 28.7. The third-order valence-electron chi connectivity index (χ3n) is 6.83. The molecular weight excluding hydrogens is 470 g/mol. The van der Waals surface area contributed by atoms with E-state index in [1.54, 1.807) is 62.4 Å². The van der Waals surface area contributed by atoms with Crippen LogP contribution in [0.3, 0.4) is 0 Å². The summed E-state index contributed by atoms with van der Waals surface area (Å²) in [6, 6.07) is 13.2. The van der Waals surface area contributed by atoms with Gasteiger partial charge in [0.1, 0.15) is 0 Å². The van der Waals surface area contributed by atoms with Gasteiger partial charge in [-0.1, -0.05) is 35.3 Å². The summed E-state index contributed by atoms with van der Waals surface area (Å²) in [5.41, 5.74) is 1.05. The molecule has 1 saturated heterocycles. The second-order valence-electron chi connectivity index (χ2n) is 9.69. The first-order valence-electron chi connectivity index (χ1n) is 12.0. The van der Waals surface area contributed by atoms with Gasteiger partial charge in [0.15, 0.2) is 0 Å². The Kier molecular flexibility index (Phi) is 8.16. The fourth-order valence-corrected chi connectivity index (χ4v) is 4.40. The summed E-state index contributed by atoms with van der Waals surface area (Å²) < 4.78 is 28.8. The molecule has 1 fully saturated rings. The van der Waals surface area contributed by atoms with Gasteiger partial charge in [0.05, 0.1) is 24.3 Å². The molecule has 190 valence electrons. The van der Waals surface area contributed by atoms with Crippen molar-refractivity contribution in [3.63, 3.8) is 0 Å². The molecule has 8 nitrogen and oxygen atoms in total. The van der Waals surface area contributed by atoms with E-state index in [2.05, 4.69) is 0 Å². The van der Waals surface area contributed by atoms with E-state index in [-0.39, 0.29) is 37.6 Å². The summed E-state index contributed by atoms with van der Waals surface area (Å²) in [5.74, 6) is -1.49. The summed E-state index contributed by atoms with van der Waals surface area (Å²) in [4.78, 5) is 37.6. The van der Waals surface area contributed by atoms with Crippen LogP contribution in [0.1, 0.15) is 73.4 Å². The standard InChI is InChI=1S/C27H30BO8.Li/c1-7-32-23(29)19-13-9-17(10-14-19)21-22(18-11-15-20(16-12-18)24(30)33-8-2)28(34-25(21)31)35-26(3,4)27(5,6)36-28;/h9-16H,7-8H2,1-6H3;/q-1;+1. The van der Waals surface area contributed by atoms with Gasteiger partial charge in [-0.15, -0.1) is 0 Å². The SMILES string of the molecule is CCOC(=O)c1ccc(C2=C(c3ccc(C(=O)OCC)cc3)[B-]3(OC2=O)OC(C)(C)C(C)(C)O3)cc1.[Li+]. The predicted octanol–water partition coefficient (Wildman–Crippen LogP) is 1.59. The Hall–Kier alpha value is -2.83. The van der Waals surface area contributed by atoms with Gasteiger partial charge in [-0.2, -0.15) is 0 Å². The Morgan fingerprint density at radius 3 is 1.57 bits per heavy atom. The molecule has 0 N–H and O–H groups in total. The average Bonchev–Trinajstić information content (AvgIpc) is 3.19. The zero-order valence-corrected chi connectivity index (χ0v) is 22.4. The molecule has 10 heteroatoms. The molecule has 0 aromatic heterocycles. The second-order valence-corrected chi connectivity index (χ2v) is 9.69. The zero-order chi connectivity index (χ0) is 26.3. The van der Waals surface area contributed by atoms with Gasteiger partial charge in [0.25, 0.3) is 5.97 Å². The summed E-state index contributed by atoms with van der Waals surface area (Å²) in [6.45, 7) is 8.86. The van der Waals surface area contributed by atoms with Crippen molar-refractivity contribution in [2.75, 3.05) is 13.2 Å². The van der Waals surface area contributed by atoms with Gasteiger partial charge < -0.3 is 23.4 Å². The Morgan fingerprint density at radius 2 is 1.16 bits per heavy atom. The monoisotopic (exact) mass is 500 g/mol. The maximum atomic E-state index is 13.3. The molecule has 0 aliphatic carbocycles. The molecular formula is C27H30BLiO8. The molecule has 2 aliphatic rings. The molecule has 0 radical (unpaired) electrons. The third-order valence-corrected chi connectivity index (χ3v) is 6.83. The van der Waals surface area contributed by atoms with E-state index in [4.69, 9.17) is 23.4 Å². The molecule has 0 bridgehead atoms. The van der Waals surface area contributed by atoms with Crippen molar-refractivity contribution in [2.45, 2.75) is 52.7 Å². The van der Waals surface area contributed by atoms with Crippen molar-refractivity contribution in [1.29, 1.82) is 0 Å². The van der Waals surface area contributed by atoms with Crippen LogP contribution in [0.4, 0.5) is 0 Å². The predicted molar refractivity (Wildman–Crippen MR) is 134 cm³/mol. The number of ether oxygens (including phenoxy) is 2. The number of rotatable bonds is 6. The van der Waals surface area contributed by atoms with Crippen LogP contribution in [0.5, 0.6) is 0 Å². The number of hydrogen-bond donors (Lipinski definition) is 0. The van der Waals surface area contributed by atoms with Crippen molar-refractivity contribution >= 4 is 35.7 Å². The molecule has 0 unspecified atom stereocenters. The number of benzene rings is 2. The second kappa shape index (κ2) is 10.5. The quantitative estimate of drug-likeness (QED) is 0.436. The number of carbonyl (C=O) groups excluding carboxylic acids is 3. The molecule has 0 atom stereocenters. The van der Waals surface area contributed by atoms with E-state index in [9.17, 15) is 14.4 Å². The summed E-state index contributed by atoms with van der Waals surface area (Å²) in [7, 11) is 0. The zero-order valence-electron chi connectivity index (χ0n) is 22.4. The van der Waals surface area contributed by atoms with Crippen LogP contribution in [0.2, 0.25) is 0 Å². The minimum absolute atomic E-state index is 0. The van der Waals surface area contributed by atoms with Crippen molar-refractivity contribution in [3.8, 4) is 0 Å². The molecule has 4 rings (SSSR count). The van der Waals surface area contributed by atoms with E-state index in [0.717, 1.165) is 0 Å². The Morgan fingerprint density at radius 1 is 0.757 bits per heavy atom. The van der Waals surface area contributed by atoms with Gasteiger partial charge in [-0.3, -0.25) is 4.79 Å². The minimum Gasteiger partial charge on any atom is -0.636 e. The first-order chi connectivity index (χ1) is 16.9. The van der Waals surface area contributed by atoms with Crippen LogP contribution in [0.25, 0.3) is 11.0 Å². The van der Waals surface area contributed by atoms with Crippen LogP contribution in [0, 0.1) is 0 Å². The van der Waals surface area contributed by atoms with Crippen LogP contribution in [0.15, 0.2) is 48.5 Å². The van der Waals surface area contributed by atoms with Crippen molar-refractivity contribution in [3.05, 3.63) is 70.8 Å². The number of hydrogen-bond acceptors (Lipinski definition) is 8. The first-order valence-corrected chi connectivity index (χ1v) is 12.0. The van der Waals surface area contributed by atoms with Crippen LogP contribution in [-0.2, 0) is 28.2 Å². The van der Waals surface area contributed by atoms with E-state index in [1.807, 2.05) is 27.7 Å². The van der Waals surface area contributed by atoms with Crippen LogP contribution < -0.4 is 18.9 Å². The van der Waals surface area contributed by atoms with Gasteiger partial charge >= 0.3 is 37.6 Å². The largest absolute Gasteiger partial charge is 1.00 e. The minimum atomic E-state index is -2.65. The van der Waals surface area contributed by atoms with E-state index < -0.39 is 35.9 Å². The Bertz CT molecular complexity index is 1220. The number of carbonyl (C=O) groups is 3. The normalized spacial score (nSPS) is 18.8. The molecule has 0 amide bonds. The molecule has 2 aromatic rings. The van der Waals surface area contributed by atoms with Gasteiger partial charge in [0.2, 0.25) is 0 Å². The fourth-order valence-electron chi connectivity index (χ4n) is 4.40. The Balaban J connectivity index is 0.00000380. The average molecular weight is 500 g/mol. The fraction of sp³-hybridized carbons (Fsp3) is 0.370. The molecule has 2 aliphatic heterocycles. The van der Waals surface area contributed by atoms with Crippen LogP contribution in [-0.4, -0.2) is 49.1 Å². The molecule has 37 heavy (non-hydrogen) atoms. The summed E-state index contributed by atoms with van der Waals surface area (Å²) >= 11 is 0. The molecule has 0 saturated carbocycles. The Labute approximate surface area is 228 Å². The third kappa shape index (κ3) is 5.14.